The largest absolute Gasteiger partial charge is 0.489 e. The molecule has 0 amide bonds. The van der Waals surface area contributed by atoms with E-state index in [0.717, 1.165) is 33.6 Å². The van der Waals surface area contributed by atoms with Crippen LogP contribution >= 0.6 is 11.6 Å². The molecule has 0 heterocycles. The normalized spacial score (nSPS) is 11.3. The molecular formula is C23H24ClNO3. The number of esters is 1. The monoisotopic (exact) mass is 397 g/mol. The predicted molar refractivity (Wildman–Crippen MR) is 111 cm³/mol. The summed E-state index contributed by atoms with van der Waals surface area (Å²) in [5.41, 5.74) is 4.67. The van der Waals surface area contributed by atoms with Gasteiger partial charge in [-0.25, -0.2) is 4.79 Å². The van der Waals surface area contributed by atoms with E-state index in [9.17, 15) is 10.1 Å². The molecule has 0 unspecified atom stereocenters. The van der Waals surface area contributed by atoms with E-state index in [4.69, 9.17) is 21.1 Å². The highest BCUT2D eigenvalue weighted by Gasteiger charge is 2.14. The van der Waals surface area contributed by atoms with Crippen LogP contribution in [0.15, 0.2) is 35.9 Å². The fourth-order valence-electron chi connectivity index (χ4n) is 2.76. The van der Waals surface area contributed by atoms with Crippen molar-refractivity contribution in [2.45, 2.75) is 47.3 Å². The average molecular weight is 398 g/mol. The summed E-state index contributed by atoms with van der Waals surface area (Å²) in [7, 11) is 0. The van der Waals surface area contributed by atoms with Gasteiger partial charge in [0.2, 0.25) is 0 Å². The molecule has 0 aliphatic rings. The number of benzene rings is 2. The van der Waals surface area contributed by atoms with Crippen LogP contribution in [0.4, 0.5) is 0 Å². The van der Waals surface area contributed by atoms with Crippen molar-refractivity contribution in [3.63, 3.8) is 0 Å². The maximum Gasteiger partial charge on any atom is 0.349 e. The molecule has 5 heteroatoms. The van der Waals surface area contributed by atoms with Crippen molar-refractivity contribution in [3.05, 3.63) is 68.7 Å². The van der Waals surface area contributed by atoms with E-state index in [1.54, 1.807) is 26.0 Å². The standard InChI is InChI=1S/C23H24ClNO3/c1-14(2)28-23(26)19(12-25)11-18-8-15(3)9-20(17(18)5)13-27-22-7-6-21(24)10-16(22)4/h6-11,14H,13H2,1-5H3/b19-11+. The number of nitrogens with zero attached hydrogens (tertiary/aromatic N) is 1. The number of nitriles is 1. The van der Waals surface area contributed by atoms with Crippen molar-refractivity contribution in [1.82, 2.24) is 0 Å². The first kappa shape index (κ1) is 21.5. The number of carbonyl (C=O) groups is 1. The second-order valence-corrected chi connectivity index (χ2v) is 7.40. The average Bonchev–Trinajstić information content (AvgIpc) is 2.61. The molecule has 0 aliphatic heterocycles. The van der Waals surface area contributed by atoms with Gasteiger partial charge in [0, 0.05) is 5.02 Å². The quantitative estimate of drug-likeness (QED) is 0.356. The van der Waals surface area contributed by atoms with Crippen molar-refractivity contribution >= 4 is 23.6 Å². The van der Waals surface area contributed by atoms with E-state index < -0.39 is 5.97 Å². The van der Waals surface area contributed by atoms with E-state index in [1.165, 1.54) is 0 Å². The number of carbonyl (C=O) groups excluding carboxylic acids is 1. The van der Waals surface area contributed by atoms with Gasteiger partial charge in [-0.2, -0.15) is 5.26 Å². The zero-order valence-corrected chi connectivity index (χ0v) is 17.6. The van der Waals surface area contributed by atoms with Gasteiger partial charge >= 0.3 is 5.97 Å². The van der Waals surface area contributed by atoms with Crippen molar-refractivity contribution < 1.29 is 14.3 Å². The molecule has 0 atom stereocenters. The second kappa shape index (κ2) is 9.43. The van der Waals surface area contributed by atoms with Gasteiger partial charge in [-0.15, -0.1) is 0 Å². The fourth-order valence-corrected chi connectivity index (χ4v) is 2.99. The van der Waals surface area contributed by atoms with Crippen molar-refractivity contribution in [2.75, 3.05) is 0 Å². The summed E-state index contributed by atoms with van der Waals surface area (Å²) in [6.07, 6.45) is 1.29. The van der Waals surface area contributed by atoms with Crippen LogP contribution in [0, 0.1) is 32.1 Å². The minimum Gasteiger partial charge on any atom is -0.489 e. The van der Waals surface area contributed by atoms with Crippen LogP contribution in [0.3, 0.4) is 0 Å². The Morgan fingerprint density at radius 2 is 1.93 bits per heavy atom. The van der Waals surface area contributed by atoms with Crippen molar-refractivity contribution in [3.8, 4) is 11.8 Å². The topological polar surface area (TPSA) is 59.3 Å². The Morgan fingerprint density at radius 1 is 1.21 bits per heavy atom. The molecule has 2 aromatic carbocycles. The van der Waals surface area contributed by atoms with E-state index in [1.807, 2.05) is 51.1 Å². The van der Waals surface area contributed by atoms with Gasteiger partial charge in [0.05, 0.1) is 6.10 Å². The van der Waals surface area contributed by atoms with Crippen LogP contribution in [0.25, 0.3) is 6.08 Å². The van der Waals surface area contributed by atoms with Gasteiger partial charge in [0.25, 0.3) is 0 Å². The molecule has 2 rings (SSSR count). The van der Waals surface area contributed by atoms with Gasteiger partial charge in [-0.3, -0.25) is 0 Å². The summed E-state index contributed by atoms with van der Waals surface area (Å²) < 4.78 is 11.1. The number of aryl methyl sites for hydroxylation is 2. The van der Waals surface area contributed by atoms with Crippen LogP contribution < -0.4 is 4.74 Å². The Morgan fingerprint density at radius 3 is 2.54 bits per heavy atom. The highest BCUT2D eigenvalue weighted by atomic mass is 35.5. The Kier molecular flexibility index (Phi) is 7.25. The van der Waals surface area contributed by atoms with Crippen LogP contribution in [0.2, 0.25) is 5.02 Å². The smallest absolute Gasteiger partial charge is 0.349 e. The summed E-state index contributed by atoms with van der Waals surface area (Å²) in [6.45, 7) is 9.72. The lowest BCUT2D eigenvalue weighted by Crippen LogP contribution is -2.13. The molecule has 2 aromatic rings. The fraction of sp³-hybridized carbons (Fsp3) is 0.304. The lowest BCUT2D eigenvalue weighted by Gasteiger charge is -2.14. The SMILES string of the molecule is Cc1cc(/C=C(\C#N)C(=O)OC(C)C)c(C)c(COc2ccc(Cl)cc2C)c1. The molecule has 146 valence electrons. The van der Waals surface area contributed by atoms with E-state index >= 15 is 0 Å². The lowest BCUT2D eigenvalue weighted by molar-refractivity contribution is -0.142. The molecule has 0 aromatic heterocycles. The summed E-state index contributed by atoms with van der Waals surface area (Å²) in [4.78, 5) is 12.1. The van der Waals surface area contributed by atoms with Gasteiger partial charge in [0.15, 0.2) is 0 Å². The number of ether oxygens (including phenoxy) is 2. The molecule has 0 radical (unpaired) electrons. The summed E-state index contributed by atoms with van der Waals surface area (Å²) in [5, 5.41) is 10.0. The molecule has 0 fully saturated rings. The Balaban J connectivity index is 2.31. The van der Waals surface area contributed by atoms with Crippen LogP contribution in [-0.2, 0) is 16.1 Å². The molecule has 0 spiro atoms. The highest BCUT2D eigenvalue weighted by Crippen LogP contribution is 2.25. The zero-order chi connectivity index (χ0) is 20.8. The minimum atomic E-state index is -0.618. The van der Waals surface area contributed by atoms with Crippen molar-refractivity contribution in [1.29, 1.82) is 5.26 Å². The van der Waals surface area contributed by atoms with E-state index in [0.29, 0.717) is 11.6 Å². The molecular weight excluding hydrogens is 374 g/mol. The Hall–Kier alpha value is -2.77. The first-order chi connectivity index (χ1) is 13.2. The van der Waals surface area contributed by atoms with Gasteiger partial charge in [0.1, 0.15) is 24.0 Å². The third kappa shape index (κ3) is 5.61. The first-order valence-electron chi connectivity index (χ1n) is 9.03. The third-order valence-corrected chi connectivity index (χ3v) is 4.44. The van der Waals surface area contributed by atoms with Crippen molar-refractivity contribution in [2.24, 2.45) is 0 Å². The third-order valence-electron chi connectivity index (χ3n) is 4.20. The van der Waals surface area contributed by atoms with E-state index in [2.05, 4.69) is 0 Å². The summed E-state index contributed by atoms with van der Waals surface area (Å²) in [5.74, 6) is 0.147. The van der Waals surface area contributed by atoms with Gasteiger partial charge in [-0.05, 0) is 81.1 Å². The molecule has 28 heavy (non-hydrogen) atoms. The number of rotatable bonds is 6. The molecule has 0 saturated carbocycles. The number of hydrogen-bond donors (Lipinski definition) is 0. The van der Waals surface area contributed by atoms with E-state index in [-0.39, 0.29) is 11.7 Å². The Labute approximate surface area is 171 Å². The predicted octanol–water partition coefficient (Wildman–Crippen LogP) is 5.70. The molecule has 0 saturated heterocycles. The number of hydrogen-bond acceptors (Lipinski definition) is 4. The lowest BCUT2D eigenvalue weighted by atomic mass is 9.98. The van der Waals surface area contributed by atoms with Crippen LogP contribution in [-0.4, -0.2) is 12.1 Å². The van der Waals surface area contributed by atoms with Gasteiger partial charge in [-0.1, -0.05) is 29.3 Å². The highest BCUT2D eigenvalue weighted by molar-refractivity contribution is 6.30. The zero-order valence-electron chi connectivity index (χ0n) is 16.8. The maximum absolute atomic E-state index is 12.1. The molecule has 0 N–H and O–H groups in total. The minimum absolute atomic E-state index is 0.0252. The number of halogens is 1. The first-order valence-corrected chi connectivity index (χ1v) is 9.41. The second-order valence-electron chi connectivity index (χ2n) is 6.96. The molecule has 0 bridgehead atoms. The summed E-state index contributed by atoms with van der Waals surface area (Å²) in [6, 6.07) is 11.4. The summed E-state index contributed by atoms with van der Waals surface area (Å²) >= 11 is 5.99. The molecule has 4 nitrogen and oxygen atoms in total. The Bertz CT molecular complexity index is 955. The van der Waals surface area contributed by atoms with Gasteiger partial charge < -0.3 is 9.47 Å². The van der Waals surface area contributed by atoms with Crippen LogP contribution in [0.5, 0.6) is 5.75 Å². The maximum atomic E-state index is 12.1. The van der Waals surface area contributed by atoms with Crippen LogP contribution in [0.1, 0.15) is 41.7 Å². The molecule has 0 aliphatic carbocycles.